The van der Waals surface area contributed by atoms with Crippen LogP contribution in [0.4, 0.5) is 0 Å². The Bertz CT molecular complexity index is 713. The molecule has 1 aromatic rings. The second-order valence-corrected chi connectivity index (χ2v) is 8.89. The molecule has 1 saturated carbocycles. The minimum Gasteiger partial charge on any atom is -0.225 e. The molecule has 8 heteroatoms. The van der Waals surface area contributed by atoms with E-state index in [0.29, 0.717) is 18.4 Å². The van der Waals surface area contributed by atoms with Crippen LogP contribution in [0.1, 0.15) is 26.2 Å². The fourth-order valence-electron chi connectivity index (χ4n) is 2.72. The summed E-state index contributed by atoms with van der Waals surface area (Å²) in [5.41, 5.74) is 0. The second kappa shape index (κ2) is 6.04. The van der Waals surface area contributed by atoms with Gasteiger partial charge in [-0.05, 0) is 36.8 Å². The molecule has 2 rings (SSSR count). The number of hydrogen-bond donors (Lipinski definition) is 2. The van der Waals surface area contributed by atoms with Crippen LogP contribution in [-0.2, 0) is 20.0 Å². The maximum absolute atomic E-state index is 12.3. The largest absolute Gasteiger partial charge is 0.241 e. The van der Waals surface area contributed by atoms with Crippen LogP contribution in [0.5, 0.6) is 0 Å². The highest BCUT2D eigenvalue weighted by Crippen LogP contribution is 2.30. The SMILES string of the molecule is CC1CCC(CNS(=O)(=O)c2ccccc2S(N)(=O)=O)C1. The number of nitrogens with two attached hydrogens (primary N) is 1. The third-order valence-electron chi connectivity index (χ3n) is 3.81. The number of hydrogen-bond acceptors (Lipinski definition) is 4. The molecule has 0 aromatic heterocycles. The quantitative estimate of drug-likeness (QED) is 0.840. The Labute approximate surface area is 125 Å². The standard InChI is InChI=1S/C13H20N2O4S2/c1-10-6-7-11(8-10)9-15-21(18,19)13-5-3-2-4-12(13)20(14,16)17/h2-5,10-11,15H,6-9H2,1H3,(H2,14,16,17). The third kappa shape index (κ3) is 4.03. The molecule has 6 nitrogen and oxygen atoms in total. The van der Waals surface area contributed by atoms with Crippen molar-refractivity contribution in [1.29, 1.82) is 0 Å². The van der Waals surface area contributed by atoms with E-state index < -0.39 is 20.0 Å². The molecule has 3 N–H and O–H groups in total. The first-order valence-electron chi connectivity index (χ1n) is 6.81. The highest BCUT2D eigenvalue weighted by atomic mass is 32.2. The lowest BCUT2D eigenvalue weighted by molar-refractivity contribution is 0.497. The van der Waals surface area contributed by atoms with E-state index >= 15 is 0 Å². The Morgan fingerprint density at radius 1 is 1.14 bits per heavy atom. The first-order valence-corrected chi connectivity index (χ1v) is 9.84. The van der Waals surface area contributed by atoms with E-state index in [9.17, 15) is 16.8 Å². The molecule has 0 spiro atoms. The minimum atomic E-state index is -4.08. The summed E-state index contributed by atoms with van der Waals surface area (Å²) in [4.78, 5) is -0.671. The maximum Gasteiger partial charge on any atom is 0.241 e. The van der Waals surface area contributed by atoms with Gasteiger partial charge in [-0.1, -0.05) is 25.5 Å². The average molecular weight is 332 g/mol. The molecule has 1 aromatic carbocycles. The lowest BCUT2D eigenvalue weighted by atomic mass is 10.1. The zero-order valence-electron chi connectivity index (χ0n) is 11.8. The lowest BCUT2D eigenvalue weighted by Crippen LogP contribution is -2.30. The summed E-state index contributed by atoms with van der Waals surface area (Å²) in [6.45, 7) is 2.47. The van der Waals surface area contributed by atoms with Crippen LogP contribution in [-0.4, -0.2) is 23.4 Å². The zero-order valence-corrected chi connectivity index (χ0v) is 13.5. The van der Waals surface area contributed by atoms with Gasteiger partial charge in [-0.25, -0.2) is 26.7 Å². The number of nitrogens with one attached hydrogen (secondary N) is 1. The van der Waals surface area contributed by atoms with Gasteiger partial charge in [0.2, 0.25) is 20.0 Å². The summed E-state index contributed by atoms with van der Waals surface area (Å²) in [6.07, 6.45) is 3.07. The predicted octanol–water partition coefficient (Wildman–Crippen LogP) is 1.05. The topological polar surface area (TPSA) is 106 Å². The molecular weight excluding hydrogens is 312 g/mol. The van der Waals surface area contributed by atoms with Gasteiger partial charge in [0.15, 0.2) is 0 Å². The molecular formula is C13H20N2O4S2. The summed E-state index contributed by atoms with van der Waals surface area (Å²) in [5.74, 6) is 0.910. The van der Waals surface area contributed by atoms with Gasteiger partial charge >= 0.3 is 0 Å². The van der Waals surface area contributed by atoms with E-state index in [4.69, 9.17) is 5.14 Å². The molecule has 21 heavy (non-hydrogen) atoms. The number of primary sulfonamides is 1. The van der Waals surface area contributed by atoms with E-state index in [0.717, 1.165) is 19.3 Å². The van der Waals surface area contributed by atoms with Crippen molar-refractivity contribution in [3.63, 3.8) is 0 Å². The third-order valence-corrected chi connectivity index (χ3v) is 6.39. The van der Waals surface area contributed by atoms with Crippen LogP contribution < -0.4 is 9.86 Å². The second-order valence-electron chi connectivity index (χ2n) is 5.63. The number of benzene rings is 1. The van der Waals surface area contributed by atoms with Crippen molar-refractivity contribution < 1.29 is 16.8 Å². The zero-order chi connectivity index (χ0) is 15.7. The molecule has 1 aliphatic rings. The lowest BCUT2D eigenvalue weighted by Gasteiger charge is -2.13. The Morgan fingerprint density at radius 3 is 2.29 bits per heavy atom. The Balaban J connectivity index is 2.20. The normalized spacial score (nSPS) is 23.3. The van der Waals surface area contributed by atoms with E-state index in [1.165, 1.54) is 24.3 Å². The van der Waals surface area contributed by atoms with Crippen LogP contribution in [0.3, 0.4) is 0 Å². The van der Waals surface area contributed by atoms with Crippen LogP contribution in [0.25, 0.3) is 0 Å². The fourth-order valence-corrected chi connectivity index (χ4v) is 5.22. The van der Waals surface area contributed by atoms with E-state index in [2.05, 4.69) is 11.6 Å². The van der Waals surface area contributed by atoms with Crippen molar-refractivity contribution in [3.05, 3.63) is 24.3 Å². The van der Waals surface area contributed by atoms with Gasteiger partial charge in [0.05, 0.1) is 0 Å². The Kier molecular flexibility index (Phi) is 4.72. The molecule has 1 aliphatic carbocycles. The maximum atomic E-state index is 12.3. The van der Waals surface area contributed by atoms with E-state index in [1.54, 1.807) is 0 Å². The monoisotopic (exact) mass is 332 g/mol. The van der Waals surface area contributed by atoms with Crippen molar-refractivity contribution in [2.24, 2.45) is 17.0 Å². The van der Waals surface area contributed by atoms with Gasteiger partial charge in [-0.3, -0.25) is 0 Å². The van der Waals surface area contributed by atoms with Crippen molar-refractivity contribution in [2.45, 2.75) is 36.0 Å². The summed E-state index contributed by atoms with van der Waals surface area (Å²) < 4.78 is 50.1. The molecule has 0 saturated heterocycles. The molecule has 0 amide bonds. The molecule has 0 heterocycles. The molecule has 118 valence electrons. The van der Waals surface area contributed by atoms with Crippen molar-refractivity contribution in [3.8, 4) is 0 Å². The summed E-state index contributed by atoms with van der Waals surface area (Å²) in [5, 5.41) is 5.07. The predicted molar refractivity (Wildman–Crippen MR) is 79.5 cm³/mol. The Hall–Kier alpha value is -0.960. The minimum absolute atomic E-state index is 0.293. The average Bonchev–Trinajstić information content (AvgIpc) is 2.82. The van der Waals surface area contributed by atoms with Crippen molar-refractivity contribution in [1.82, 2.24) is 4.72 Å². The van der Waals surface area contributed by atoms with Crippen LogP contribution in [0.15, 0.2) is 34.1 Å². The molecule has 1 fully saturated rings. The fraction of sp³-hybridized carbons (Fsp3) is 0.538. The number of rotatable bonds is 5. The van der Waals surface area contributed by atoms with Gasteiger partial charge in [0, 0.05) is 6.54 Å². The van der Waals surface area contributed by atoms with Crippen molar-refractivity contribution in [2.75, 3.05) is 6.54 Å². The highest BCUT2D eigenvalue weighted by Gasteiger charge is 2.26. The highest BCUT2D eigenvalue weighted by molar-refractivity contribution is 7.92. The molecule has 2 unspecified atom stereocenters. The molecule has 0 radical (unpaired) electrons. The van der Waals surface area contributed by atoms with Gasteiger partial charge in [-0.15, -0.1) is 0 Å². The summed E-state index contributed by atoms with van der Waals surface area (Å²) >= 11 is 0. The van der Waals surface area contributed by atoms with Crippen LogP contribution in [0, 0.1) is 11.8 Å². The van der Waals surface area contributed by atoms with Crippen molar-refractivity contribution >= 4 is 20.0 Å². The van der Waals surface area contributed by atoms with Crippen LogP contribution >= 0.6 is 0 Å². The van der Waals surface area contributed by atoms with Crippen LogP contribution in [0.2, 0.25) is 0 Å². The van der Waals surface area contributed by atoms with Gasteiger partial charge in [-0.2, -0.15) is 0 Å². The van der Waals surface area contributed by atoms with E-state index in [-0.39, 0.29) is 9.79 Å². The Morgan fingerprint density at radius 2 is 1.76 bits per heavy atom. The van der Waals surface area contributed by atoms with E-state index in [1.807, 2.05) is 0 Å². The summed E-state index contributed by atoms with van der Waals surface area (Å²) in [6, 6.07) is 5.36. The first kappa shape index (κ1) is 16.4. The molecule has 2 atom stereocenters. The smallest absolute Gasteiger partial charge is 0.225 e. The van der Waals surface area contributed by atoms with Gasteiger partial charge < -0.3 is 0 Å². The number of sulfonamides is 2. The summed E-state index contributed by atoms with van der Waals surface area (Å²) in [7, 11) is -7.97. The molecule has 0 bridgehead atoms. The van der Waals surface area contributed by atoms with Gasteiger partial charge in [0.25, 0.3) is 0 Å². The first-order chi connectivity index (χ1) is 9.70. The van der Waals surface area contributed by atoms with Gasteiger partial charge in [0.1, 0.15) is 9.79 Å². The molecule has 0 aliphatic heterocycles.